The van der Waals surface area contributed by atoms with Crippen LogP contribution < -0.4 is 11.5 Å². The molecule has 0 atom stereocenters. The zero-order valence-electron chi connectivity index (χ0n) is 24.2. The van der Waals surface area contributed by atoms with Crippen molar-refractivity contribution in [2.24, 2.45) is 20.5 Å². The minimum atomic E-state index is -0.519. The van der Waals surface area contributed by atoms with Crippen molar-refractivity contribution in [3.8, 4) is 23.5 Å². The van der Waals surface area contributed by atoms with Crippen LogP contribution in [0, 0.1) is 56.7 Å². The fraction of sp³-hybridized carbons (Fsp3) is 0.0667. The van der Waals surface area contributed by atoms with E-state index in [-0.39, 0.29) is 45.8 Å². The number of nitro benzene ring substituents is 2. The third-order valence-electron chi connectivity index (χ3n) is 7.07. The maximum atomic E-state index is 11.0. The first kappa shape index (κ1) is 30.3. The molecule has 5 aromatic rings. The van der Waals surface area contributed by atoms with Gasteiger partial charge >= 0.3 is 0 Å². The summed E-state index contributed by atoms with van der Waals surface area (Å²) in [4.78, 5) is 20.9. The van der Waals surface area contributed by atoms with Crippen LogP contribution in [0.4, 0.5) is 46.0 Å². The van der Waals surface area contributed by atoms with E-state index in [4.69, 9.17) is 11.5 Å². The molecule has 3 aromatic carbocycles. The van der Waals surface area contributed by atoms with Gasteiger partial charge in [-0.2, -0.15) is 10.5 Å². The molecule has 0 amide bonds. The van der Waals surface area contributed by atoms with Gasteiger partial charge in [-0.25, -0.2) is 0 Å². The van der Waals surface area contributed by atoms with Gasteiger partial charge in [0.15, 0.2) is 11.6 Å². The Bertz CT molecular complexity index is 1990. The predicted molar refractivity (Wildman–Crippen MR) is 167 cm³/mol. The van der Waals surface area contributed by atoms with E-state index in [9.17, 15) is 30.8 Å². The van der Waals surface area contributed by atoms with Crippen molar-refractivity contribution in [3.05, 3.63) is 115 Å². The summed E-state index contributed by atoms with van der Waals surface area (Å²) < 4.78 is 3.10. The SMILES string of the molecule is Cc1c(C#N)c(N)n(-c2ccc(-n3c(N)c(C#N)c(C)c3N=Nc3ccc([N+](=O)[O-])cc3)cc2)c1N=Nc1ccc([N+](=O)[O-])cc1. The highest BCUT2D eigenvalue weighted by Crippen LogP contribution is 2.38. The zero-order chi connectivity index (χ0) is 33.1. The molecule has 0 fully saturated rings. The number of nitrogens with two attached hydrogens (primary N) is 2. The Morgan fingerprint density at radius 1 is 0.609 bits per heavy atom. The van der Waals surface area contributed by atoms with Crippen LogP contribution in [-0.4, -0.2) is 19.0 Å². The molecule has 0 unspecified atom stereocenters. The van der Waals surface area contributed by atoms with Gasteiger partial charge in [0, 0.05) is 46.8 Å². The van der Waals surface area contributed by atoms with Crippen LogP contribution in [-0.2, 0) is 0 Å². The van der Waals surface area contributed by atoms with E-state index in [1.54, 1.807) is 47.2 Å². The Labute approximate surface area is 260 Å². The Morgan fingerprint density at radius 2 is 0.935 bits per heavy atom. The highest BCUT2D eigenvalue weighted by atomic mass is 16.6. The van der Waals surface area contributed by atoms with Crippen molar-refractivity contribution < 1.29 is 9.85 Å². The van der Waals surface area contributed by atoms with Crippen molar-refractivity contribution in [1.29, 1.82) is 10.5 Å². The fourth-order valence-corrected chi connectivity index (χ4v) is 4.68. The maximum absolute atomic E-state index is 11.0. The van der Waals surface area contributed by atoms with E-state index in [0.717, 1.165) is 0 Å². The predicted octanol–water partition coefficient (Wildman–Crippen LogP) is 7.44. The molecule has 226 valence electrons. The summed E-state index contributed by atoms with van der Waals surface area (Å²) in [6.45, 7) is 3.36. The third-order valence-corrected chi connectivity index (χ3v) is 7.07. The van der Waals surface area contributed by atoms with Gasteiger partial charge in [0.1, 0.15) is 23.8 Å². The van der Waals surface area contributed by atoms with Gasteiger partial charge in [-0.3, -0.25) is 29.4 Å². The number of anilines is 2. The molecule has 0 bridgehead atoms. The van der Waals surface area contributed by atoms with Crippen molar-refractivity contribution >= 4 is 46.0 Å². The van der Waals surface area contributed by atoms with Gasteiger partial charge in [0.2, 0.25) is 0 Å². The third kappa shape index (κ3) is 5.48. The van der Waals surface area contributed by atoms with Gasteiger partial charge in [-0.1, -0.05) is 0 Å². The summed E-state index contributed by atoms with van der Waals surface area (Å²) in [6.07, 6.45) is 0. The number of nitro groups is 2. The molecular formula is C30H22N12O4. The lowest BCUT2D eigenvalue weighted by Gasteiger charge is -2.12. The minimum Gasteiger partial charge on any atom is -0.384 e. The Balaban J connectivity index is 1.54. The number of nitrogen functional groups attached to an aromatic ring is 2. The number of hydrogen-bond acceptors (Lipinski definition) is 12. The van der Waals surface area contributed by atoms with Crippen LogP contribution in [0.5, 0.6) is 0 Å². The molecule has 0 aliphatic heterocycles. The summed E-state index contributed by atoms with van der Waals surface area (Å²) in [6, 6.07) is 22.0. The molecule has 0 radical (unpaired) electrons. The summed E-state index contributed by atoms with van der Waals surface area (Å²) in [5.74, 6) is 0.818. The van der Waals surface area contributed by atoms with Crippen LogP contribution in [0.1, 0.15) is 22.3 Å². The second kappa shape index (κ2) is 12.2. The monoisotopic (exact) mass is 614 g/mol. The molecule has 0 aliphatic carbocycles. The van der Waals surface area contributed by atoms with Crippen molar-refractivity contribution in [2.45, 2.75) is 13.8 Å². The van der Waals surface area contributed by atoms with Crippen LogP contribution >= 0.6 is 0 Å². The molecule has 16 nitrogen and oxygen atoms in total. The lowest BCUT2D eigenvalue weighted by Crippen LogP contribution is -2.03. The van der Waals surface area contributed by atoms with Crippen LogP contribution in [0.3, 0.4) is 0 Å². The molecule has 2 aromatic heterocycles. The molecule has 0 saturated carbocycles. The quantitative estimate of drug-likeness (QED) is 0.101. The number of non-ortho nitro benzene ring substituents is 2. The van der Waals surface area contributed by atoms with Crippen molar-refractivity contribution in [3.63, 3.8) is 0 Å². The lowest BCUT2D eigenvalue weighted by atomic mass is 10.2. The second-order valence-corrected chi connectivity index (χ2v) is 9.78. The molecule has 4 N–H and O–H groups in total. The second-order valence-electron chi connectivity index (χ2n) is 9.78. The summed E-state index contributed by atoms with van der Waals surface area (Å²) >= 11 is 0. The molecule has 5 rings (SSSR count). The van der Waals surface area contributed by atoms with Crippen LogP contribution in [0.25, 0.3) is 11.4 Å². The van der Waals surface area contributed by atoms with Gasteiger partial charge in [0.05, 0.1) is 32.3 Å². The highest BCUT2D eigenvalue weighted by Gasteiger charge is 2.22. The summed E-state index contributed by atoms with van der Waals surface area (Å²) in [5, 5.41) is 58.5. The first-order valence-electron chi connectivity index (χ1n) is 13.3. The Morgan fingerprint density at radius 3 is 1.22 bits per heavy atom. The number of rotatable bonds is 8. The molecule has 46 heavy (non-hydrogen) atoms. The first-order chi connectivity index (χ1) is 22.0. The average Bonchev–Trinajstić information content (AvgIpc) is 3.44. The molecule has 2 heterocycles. The van der Waals surface area contributed by atoms with Crippen LogP contribution in [0.2, 0.25) is 0 Å². The van der Waals surface area contributed by atoms with E-state index >= 15 is 0 Å². The van der Waals surface area contributed by atoms with E-state index < -0.39 is 9.85 Å². The maximum Gasteiger partial charge on any atom is 0.269 e. The lowest BCUT2D eigenvalue weighted by molar-refractivity contribution is -0.385. The van der Waals surface area contributed by atoms with E-state index in [1.165, 1.54) is 48.5 Å². The molecule has 0 aliphatic rings. The average molecular weight is 615 g/mol. The largest absolute Gasteiger partial charge is 0.384 e. The smallest absolute Gasteiger partial charge is 0.269 e. The van der Waals surface area contributed by atoms with E-state index in [0.29, 0.717) is 33.9 Å². The van der Waals surface area contributed by atoms with Gasteiger partial charge in [-0.05, 0) is 62.4 Å². The number of nitriles is 2. The number of aromatic nitrogens is 2. The fourth-order valence-electron chi connectivity index (χ4n) is 4.68. The number of nitrogens with zero attached hydrogens (tertiary/aromatic N) is 10. The molecule has 16 heteroatoms. The molecule has 0 spiro atoms. The zero-order valence-corrected chi connectivity index (χ0v) is 24.2. The summed E-state index contributed by atoms with van der Waals surface area (Å²) in [5.41, 5.74) is 15.7. The van der Waals surface area contributed by atoms with Crippen LogP contribution in [0.15, 0.2) is 93.3 Å². The standard InChI is InChI=1S/C30H22N12O4/c1-17-25(15-31)27(33)39(29(17)37-35-19-3-7-23(8-4-19)41(43)44)21-11-13-22(14-12-21)40-28(34)26(16-32)18(2)30(40)38-36-20-5-9-24(10-6-20)42(45)46/h3-14H,33-34H2,1-2H3. The summed E-state index contributed by atoms with van der Waals surface area (Å²) in [7, 11) is 0. The molecule has 0 saturated heterocycles. The van der Waals surface area contributed by atoms with E-state index in [2.05, 4.69) is 32.6 Å². The number of azo groups is 2. The minimum absolute atomic E-state index is 0.0917. The van der Waals surface area contributed by atoms with Gasteiger partial charge in [-0.15, -0.1) is 20.5 Å². The first-order valence-corrected chi connectivity index (χ1v) is 13.3. The van der Waals surface area contributed by atoms with Gasteiger partial charge < -0.3 is 11.5 Å². The highest BCUT2D eigenvalue weighted by molar-refractivity contribution is 5.71. The topological polar surface area (TPSA) is 245 Å². The number of hydrogen-bond donors (Lipinski definition) is 2. The normalized spacial score (nSPS) is 11.1. The van der Waals surface area contributed by atoms with Gasteiger partial charge in [0.25, 0.3) is 11.4 Å². The van der Waals surface area contributed by atoms with E-state index in [1.807, 2.05) is 0 Å². The Kier molecular flexibility index (Phi) is 8.02. The number of benzene rings is 3. The Hall–Kier alpha value is -7.20. The van der Waals surface area contributed by atoms with Crippen molar-refractivity contribution in [1.82, 2.24) is 9.13 Å². The molecular weight excluding hydrogens is 592 g/mol. The van der Waals surface area contributed by atoms with Crippen molar-refractivity contribution in [2.75, 3.05) is 11.5 Å².